The van der Waals surface area contributed by atoms with Gasteiger partial charge in [-0.2, -0.15) is 0 Å². The van der Waals surface area contributed by atoms with E-state index in [-0.39, 0.29) is 23.1 Å². The van der Waals surface area contributed by atoms with Crippen molar-refractivity contribution in [3.63, 3.8) is 0 Å². The first-order valence-corrected chi connectivity index (χ1v) is 12.4. The quantitative estimate of drug-likeness (QED) is 0.218. The van der Waals surface area contributed by atoms with Crippen LogP contribution in [-0.2, 0) is 9.59 Å². The first-order chi connectivity index (χ1) is 17.0. The molecule has 1 saturated heterocycles. The molecular weight excluding hydrogens is 446 g/mol. The normalized spacial score (nSPS) is 19.9. The Morgan fingerprint density at radius 3 is 2.40 bits per heavy atom. The highest BCUT2D eigenvalue weighted by molar-refractivity contribution is 6.46. The summed E-state index contributed by atoms with van der Waals surface area (Å²) in [4.78, 5) is 28.0. The van der Waals surface area contributed by atoms with Crippen molar-refractivity contribution in [2.45, 2.75) is 64.0 Å². The zero-order chi connectivity index (χ0) is 24.9. The van der Waals surface area contributed by atoms with Gasteiger partial charge in [-0.15, -0.1) is 0 Å². The third kappa shape index (κ3) is 4.99. The van der Waals surface area contributed by atoms with Crippen molar-refractivity contribution in [1.29, 1.82) is 0 Å². The Morgan fingerprint density at radius 2 is 1.77 bits per heavy atom. The van der Waals surface area contributed by atoms with Gasteiger partial charge in [0, 0.05) is 11.6 Å². The number of hydrogen-bond donors (Lipinski definition) is 2. The minimum atomic E-state index is -0.792. The number of likely N-dealkylation sites (tertiary alicyclic amines) is 1. The van der Waals surface area contributed by atoms with Crippen molar-refractivity contribution in [1.82, 2.24) is 4.90 Å². The molecule has 2 aromatic carbocycles. The lowest BCUT2D eigenvalue weighted by Crippen LogP contribution is -2.37. The molecule has 0 bridgehead atoms. The van der Waals surface area contributed by atoms with Gasteiger partial charge in [0.1, 0.15) is 11.5 Å². The summed E-state index contributed by atoms with van der Waals surface area (Å²) in [6, 6.07) is 10.8. The molecule has 0 aromatic heterocycles. The zero-order valence-electron chi connectivity index (χ0n) is 20.3. The number of hydrogen-bond acceptors (Lipinski definition) is 6. The van der Waals surface area contributed by atoms with Crippen LogP contribution in [0.3, 0.4) is 0 Å². The Hall–Kier alpha value is -3.48. The summed E-state index contributed by atoms with van der Waals surface area (Å²) in [5.41, 5.74) is 1.01. The number of aliphatic hydroxyl groups is 1. The maximum atomic E-state index is 13.2. The molecule has 1 amide bonds. The van der Waals surface area contributed by atoms with E-state index in [1.165, 1.54) is 13.2 Å². The van der Waals surface area contributed by atoms with Crippen LogP contribution in [0.1, 0.15) is 69.0 Å². The molecule has 7 heteroatoms. The topological polar surface area (TPSA) is 96.3 Å². The molecule has 7 nitrogen and oxygen atoms in total. The number of phenolic OH excluding ortho intramolecular Hbond substituents is 1. The summed E-state index contributed by atoms with van der Waals surface area (Å²) in [6.07, 6.45) is 6.74. The van der Waals surface area contributed by atoms with Gasteiger partial charge in [-0.3, -0.25) is 9.59 Å². The highest BCUT2D eigenvalue weighted by Gasteiger charge is 2.49. The summed E-state index contributed by atoms with van der Waals surface area (Å²) in [7, 11) is 1.45. The minimum Gasteiger partial charge on any atom is -0.507 e. The van der Waals surface area contributed by atoms with Crippen LogP contribution in [-0.4, -0.2) is 46.6 Å². The Morgan fingerprint density at radius 1 is 1.06 bits per heavy atom. The third-order valence-corrected chi connectivity index (χ3v) is 6.86. The molecule has 2 aliphatic rings. The van der Waals surface area contributed by atoms with Crippen LogP contribution in [0.25, 0.3) is 5.76 Å². The second-order valence-electron chi connectivity index (χ2n) is 9.16. The Kier molecular flexibility index (Phi) is 7.63. The summed E-state index contributed by atoms with van der Waals surface area (Å²) in [5, 5.41) is 21.7. The van der Waals surface area contributed by atoms with Crippen LogP contribution >= 0.6 is 0 Å². The molecule has 1 aliphatic carbocycles. The number of methoxy groups -OCH3 is 1. The van der Waals surface area contributed by atoms with E-state index in [0.717, 1.165) is 44.9 Å². The van der Waals surface area contributed by atoms with Gasteiger partial charge in [-0.1, -0.05) is 38.7 Å². The van der Waals surface area contributed by atoms with E-state index in [0.29, 0.717) is 29.2 Å². The summed E-state index contributed by atoms with van der Waals surface area (Å²) in [6.45, 7) is 2.75. The van der Waals surface area contributed by atoms with Crippen molar-refractivity contribution in [2.24, 2.45) is 0 Å². The number of ketones is 1. The maximum absolute atomic E-state index is 13.2. The second kappa shape index (κ2) is 10.8. The number of carbonyl (C=O) groups is 2. The molecule has 2 fully saturated rings. The maximum Gasteiger partial charge on any atom is 0.295 e. The van der Waals surface area contributed by atoms with E-state index < -0.39 is 17.7 Å². The summed E-state index contributed by atoms with van der Waals surface area (Å²) >= 11 is 0. The number of benzene rings is 2. The fourth-order valence-corrected chi connectivity index (χ4v) is 5.02. The van der Waals surface area contributed by atoms with E-state index in [2.05, 4.69) is 6.92 Å². The molecule has 186 valence electrons. The van der Waals surface area contributed by atoms with Crippen molar-refractivity contribution in [2.75, 3.05) is 13.7 Å². The lowest BCUT2D eigenvalue weighted by atomic mass is 9.94. The van der Waals surface area contributed by atoms with Gasteiger partial charge >= 0.3 is 0 Å². The molecule has 4 rings (SSSR count). The van der Waals surface area contributed by atoms with E-state index in [9.17, 15) is 19.8 Å². The number of aromatic hydroxyl groups is 1. The number of carbonyl (C=O) groups excluding carboxylic acids is 2. The minimum absolute atomic E-state index is 0.0306. The average molecular weight is 480 g/mol. The highest BCUT2D eigenvalue weighted by Crippen LogP contribution is 2.45. The third-order valence-electron chi connectivity index (χ3n) is 6.86. The molecule has 1 unspecified atom stereocenters. The molecular formula is C28H33NO6. The number of amides is 1. The van der Waals surface area contributed by atoms with Crippen LogP contribution in [0.15, 0.2) is 48.0 Å². The van der Waals surface area contributed by atoms with Crippen LogP contribution in [0.4, 0.5) is 0 Å². The SMILES string of the molecule is CCCCCOc1ccc(/C(O)=C2/C(=O)C(=O)N(C3CCCC3)C2c2ccc(OC)c(O)c2)cc1. The Labute approximate surface area is 206 Å². The van der Waals surface area contributed by atoms with Crippen LogP contribution < -0.4 is 9.47 Å². The molecule has 35 heavy (non-hydrogen) atoms. The monoisotopic (exact) mass is 479 g/mol. The van der Waals surface area contributed by atoms with Gasteiger partial charge in [0.25, 0.3) is 11.7 Å². The summed E-state index contributed by atoms with van der Waals surface area (Å²) < 4.78 is 10.9. The van der Waals surface area contributed by atoms with Gasteiger partial charge in [-0.05, 0) is 61.2 Å². The lowest BCUT2D eigenvalue weighted by Gasteiger charge is -2.31. The van der Waals surface area contributed by atoms with Gasteiger partial charge in [0.05, 0.1) is 25.3 Å². The Bertz CT molecular complexity index is 1100. The number of rotatable bonds is 9. The molecule has 1 heterocycles. The molecule has 1 atom stereocenters. The molecule has 0 radical (unpaired) electrons. The van der Waals surface area contributed by atoms with Gasteiger partial charge < -0.3 is 24.6 Å². The number of ether oxygens (including phenoxy) is 2. The largest absolute Gasteiger partial charge is 0.507 e. The second-order valence-corrected chi connectivity index (χ2v) is 9.16. The zero-order valence-corrected chi connectivity index (χ0v) is 20.3. The molecule has 0 spiro atoms. The van der Waals surface area contributed by atoms with Crippen LogP contribution in [0, 0.1) is 0 Å². The Balaban J connectivity index is 1.72. The predicted molar refractivity (Wildman–Crippen MR) is 133 cm³/mol. The fourth-order valence-electron chi connectivity index (χ4n) is 5.02. The standard InChI is InChI=1S/C28H33NO6/c1-3-4-7-16-35-21-13-10-18(11-14-21)26(31)24-25(19-12-15-23(34-2)22(30)17-19)29(28(33)27(24)32)20-8-5-6-9-20/h10-15,17,20,25,30-31H,3-9,16H2,1-2H3/b26-24-. The first-order valence-electron chi connectivity index (χ1n) is 12.4. The number of Topliss-reactive ketones (excluding diaryl/α,β-unsaturated/α-hetero) is 1. The summed E-state index contributed by atoms with van der Waals surface area (Å²) in [5.74, 6) is -0.681. The number of aliphatic hydroxyl groups excluding tert-OH is 1. The first kappa shape index (κ1) is 24.6. The van der Waals surface area contributed by atoms with Crippen molar-refractivity contribution >= 4 is 17.4 Å². The van der Waals surface area contributed by atoms with Gasteiger partial charge in [-0.25, -0.2) is 0 Å². The highest BCUT2D eigenvalue weighted by atomic mass is 16.5. The van der Waals surface area contributed by atoms with Crippen molar-refractivity contribution in [3.05, 3.63) is 59.2 Å². The van der Waals surface area contributed by atoms with Gasteiger partial charge in [0.2, 0.25) is 0 Å². The van der Waals surface area contributed by atoms with E-state index >= 15 is 0 Å². The van der Waals surface area contributed by atoms with E-state index in [4.69, 9.17) is 9.47 Å². The molecule has 2 aromatic rings. The number of unbranched alkanes of at least 4 members (excludes halogenated alkanes) is 2. The predicted octanol–water partition coefficient (Wildman–Crippen LogP) is 5.33. The average Bonchev–Trinajstić information content (AvgIpc) is 3.48. The lowest BCUT2D eigenvalue weighted by molar-refractivity contribution is -0.141. The molecule has 1 aliphatic heterocycles. The van der Waals surface area contributed by atoms with Crippen molar-refractivity contribution < 1.29 is 29.3 Å². The fraction of sp³-hybridized carbons (Fsp3) is 0.429. The number of nitrogens with zero attached hydrogens (tertiary/aromatic N) is 1. The van der Waals surface area contributed by atoms with E-state index in [1.807, 2.05) is 0 Å². The van der Waals surface area contributed by atoms with E-state index in [1.54, 1.807) is 41.3 Å². The molecule has 2 N–H and O–H groups in total. The van der Waals surface area contributed by atoms with Crippen LogP contribution in [0.5, 0.6) is 17.2 Å². The van der Waals surface area contributed by atoms with Crippen LogP contribution in [0.2, 0.25) is 0 Å². The van der Waals surface area contributed by atoms with Crippen molar-refractivity contribution in [3.8, 4) is 17.2 Å². The smallest absolute Gasteiger partial charge is 0.295 e. The molecule has 1 saturated carbocycles. The van der Waals surface area contributed by atoms with Gasteiger partial charge in [0.15, 0.2) is 11.5 Å². The number of phenols is 1.